The summed E-state index contributed by atoms with van der Waals surface area (Å²) in [7, 11) is 1.66. The predicted octanol–water partition coefficient (Wildman–Crippen LogP) is 1.58. The van der Waals surface area contributed by atoms with Gasteiger partial charge in [0.15, 0.2) is 11.5 Å². The van der Waals surface area contributed by atoms with Crippen molar-refractivity contribution < 1.29 is 19.0 Å². The number of anilines is 1. The molecule has 2 aromatic rings. The first-order valence-electron chi connectivity index (χ1n) is 7.98. The highest BCUT2D eigenvalue weighted by Gasteiger charge is 2.14. The molecule has 2 heterocycles. The molecule has 0 atom stereocenters. The largest absolute Gasteiger partial charge is 0.454 e. The van der Waals surface area contributed by atoms with E-state index in [1.54, 1.807) is 13.2 Å². The van der Waals surface area contributed by atoms with E-state index in [0.717, 1.165) is 17.7 Å². The fraction of sp³-hybridized carbons (Fsp3) is 0.353. The lowest BCUT2D eigenvalue weighted by Gasteiger charge is -2.08. The number of fused-ring (bicyclic) bond motifs is 1. The molecule has 0 bridgehead atoms. The smallest absolute Gasteiger partial charge is 0.270 e. The molecular weight excluding hydrogens is 324 g/mol. The molecule has 1 amide bonds. The van der Waals surface area contributed by atoms with E-state index in [2.05, 4.69) is 20.6 Å². The van der Waals surface area contributed by atoms with E-state index in [-0.39, 0.29) is 12.7 Å². The molecule has 132 valence electrons. The minimum atomic E-state index is -0.264. The normalized spacial score (nSPS) is 12.0. The van der Waals surface area contributed by atoms with Crippen molar-refractivity contribution in [2.75, 3.05) is 32.4 Å². The molecule has 0 unspecified atom stereocenters. The monoisotopic (exact) mass is 344 g/mol. The average molecular weight is 344 g/mol. The molecule has 0 radical (unpaired) electrons. The lowest BCUT2D eigenvalue weighted by Crippen LogP contribution is -2.24. The minimum absolute atomic E-state index is 0.228. The Labute approximate surface area is 145 Å². The quantitative estimate of drug-likeness (QED) is 0.702. The molecule has 1 aliphatic heterocycles. The summed E-state index contributed by atoms with van der Waals surface area (Å²) >= 11 is 0. The van der Waals surface area contributed by atoms with Crippen LogP contribution in [0.2, 0.25) is 0 Å². The van der Waals surface area contributed by atoms with Gasteiger partial charge in [0.05, 0.1) is 0 Å². The van der Waals surface area contributed by atoms with Crippen LogP contribution in [0.3, 0.4) is 0 Å². The van der Waals surface area contributed by atoms with Gasteiger partial charge in [-0.05, 0) is 24.1 Å². The third-order valence-corrected chi connectivity index (χ3v) is 3.62. The van der Waals surface area contributed by atoms with E-state index >= 15 is 0 Å². The summed E-state index contributed by atoms with van der Waals surface area (Å²) in [6, 6.07) is 7.19. The zero-order valence-corrected chi connectivity index (χ0v) is 13.9. The number of hydrogen-bond donors (Lipinski definition) is 2. The molecule has 0 aliphatic carbocycles. The number of methoxy groups -OCH3 is 1. The number of nitrogens with one attached hydrogen (secondary N) is 2. The minimum Gasteiger partial charge on any atom is -0.454 e. The summed E-state index contributed by atoms with van der Waals surface area (Å²) in [4.78, 5) is 20.4. The lowest BCUT2D eigenvalue weighted by molar-refractivity contribution is 0.0945. The number of nitrogens with zero attached hydrogens (tertiary/aromatic N) is 2. The molecule has 1 aliphatic rings. The molecule has 0 saturated carbocycles. The number of aromatic nitrogens is 2. The van der Waals surface area contributed by atoms with Crippen molar-refractivity contribution in [3.05, 3.63) is 41.9 Å². The second-order valence-corrected chi connectivity index (χ2v) is 5.43. The van der Waals surface area contributed by atoms with Gasteiger partial charge in [0.2, 0.25) is 6.79 Å². The molecule has 1 aromatic heterocycles. The molecule has 3 rings (SSSR count). The fourth-order valence-corrected chi connectivity index (χ4v) is 2.33. The van der Waals surface area contributed by atoms with Crippen molar-refractivity contribution in [1.82, 2.24) is 15.3 Å². The number of hydrogen-bond acceptors (Lipinski definition) is 7. The second-order valence-electron chi connectivity index (χ2n) is 5.43. The molecule has 8 nitrogen and oxygen atoms in total. The highest BCUT2D eigenvalue weighted by molar-refractivity contribution is 5.92. The van der Waals surface area contributed by atoms with Crippen LogP contribution in [0, 0.1) is 0 Å². The highest BCUT2D eigenvalue weighted by atomic mass is 16.7. The molecule has 1 aromatic carbocycles. The topological polar surface area (TPSA) is 94.6 Å². The molecule has 0 spiro atoms. The Morgan fingerprint density at radius 2 is 2.12 bits per heavy atom. The van der Waals surface area contributed by atoms with Crippen LogP contribution >= 0.6 is 0 Å². The highest BCUT2D eigenvalue weighted by Crippen LogP contribution is 2.32. The van der Waals surface area contributed by atoms with Crippen molar-refractivity contribution in [1.29, 1.82) is 0 Å². The number of carbonyl (C=O) groups is 1. The Hall–Kier alpha value is -2.87. The average Bonchev–Trinajstić information content (AvgIpc) is 3.11. The Morgan fingerprint density at radius 1 is 1.24 bits per heavy atom. The molecule has 0 saturated heterocycles. The van der Waals surface area contributed by atoms with E-state index in [4.69, 9.17) is 14.2 Å². The van der Waals surface area contributed by atoms with E-state index in [0.29, 0.717) is 37.0 Å². The van der Waals surface area contributed by atoms with Crippen molar-refractivity contribution in [2.24, 2.45) is 0 Å². The maximum Gasteiger partial charge on any atom is 0.270 e. The molecule has 0 fully saturated rings. The Morgan fingerprint density at radius 3 is 3.00 bits per heavy atom. The van der Waals surface area contributed by atoms with Gasteiger partial charge in [0.1, 0.15) is 17.8 Å². The van der Waals surface area contributed by atoms with E-state index < -0.39 is 0 Å². The van der Waals surface area contributed by atoms with Gasteiger partial charge in [-0.2, -0.15) is 0 Å². The van der Waals surface area contributed by atoms with Crippen molar-refractivity contribution in [2.45, 2.75) is 13.0 Å². The maximum absolute atomic E-state index is 12.3. The van der Waals surface area contributed by atoms with E-state index in [9.17, 15) is 4.79 Å². The van der Waals surface area contributed by atoms with Crippen LogP contribution < -0.4 is 20.1 Å². The first-order chi connectivity index (χ1) is 12.3. The van der Waals surface area contributed by atoms with Crippen molar-refractivity contribution >= 4 is 11.7 Å². The lowest BCUT2D eigenvalue weighted by atomic mass is 10.2. The van der Waals surface area contributed by atoms with Crippen LogP contribution in [0.15, 0.2) is 30.6 Å². The van der Waals surface area contributed by atoms with Gasteiger partial charge >= 0.3 is 0 Å². The fourth-order valence-electron chi connectivity index (χ4n) is 2.33. The Bertz CT molecular complexity index is 738. The molecule has 8 heteroatoms. The summed E-state index contributed by atoms with van der Waals surface area (Å²) in [6.45, 7) is 1.98. The van der Waals surface area contributed by atoms with Gasteiger partial charge in [-0.25, -0.2) is 9.97 Å². The number of amides is 1. The third-order valence-electron chi connectivity index (χ3n) is 3.62. The molecule has 25 heavy (non-hydrogen) atoms. The first-order valence-corrected chi connectivity index (χ1v) is 7.98. The zero-order valence-electron chi connectivity index (χ0n) is 13.9. The molecular formula is C17H20N4O4. The van der Waals surface area contributed by atoms with Gasteiger partial charge in [0.25, 0.3) is 5.91 Å². The summed E-state index contributed by atoms with van der Waals surface area (Å²) in [5.74, 6) is 1.76. The van der Waals surface area contributed by atoms with Gasteiger partial charge in [-0.15, -0.1) is 0 Å². The van der Waals surface area contributed by atoms with Crippen LogP contribution in [0.1, 0.15) is 22.5 Å². The number of carbonyl (C=O) groups excluding carboxylic acids is 1. The van der Waals surface area contributed by atoms with E-state index in [1.165, 1.54) is 6.33 Å². The zero-order chi connectivity index (χ0) is 17.5. The summed E-state index contributed by atoms with van der Waals surface area (Å²) < 4.78 is 15.6. The Balaban J connectivity index is 1.54. The predicted molar refractivity (Wildman–Crippen MR) is 90.7 cm³/mol. The van der Waals surface area contributed by atoms with Gasteiger partial charge in [0, 0.05) is 32.9 Å². The summed E-state index contributed by atoms with van der Waals surface area (Å²) in [5.41, 5.74) is 1.23. The van der Waals surface area contributed by atoms with Crippen molar-refractivity contribution in [3.63, 3.8) is 0 Å². The second kappa shape index (κ2) is 8.29. The Kier molecular flexibility index (Phi) is 5.63. The SMILES string of the molecule is COCCCNc1cc(C(=O)NCc2ccc3c(c2)OCO3)ncn1. The number of rotatable bonds is 8. The van der Waals surface area contributed by atoms with Gasteiger partial charge < -0.3 is 24.8 Å². The van der Waals surface area contributed by atoms with Crippen molar-refractivity contribution in [3.8, 4) is 11.5 Å². The van der Waals surface area contributed by atoms with Crippen LogP contribution in [0.25, 0.3) is 0 Å². The van der Waals surface area contributed by atoms with Crippen LogP contribution in [-0.4, -0.2) is 42.9 Å². The van der Waals surface area contributed by atoms with Crippen LogP contribution in [0.4, 0.5) is 5.82 Å². The number of ether oxygens (including phenoxy) is 3. The van der Waals surface area contributed by atoms with Gasteiger partial charge in [-0.1, -0.05) is 6.07 Å². The summed E-state index contributed by atoms with van der Waals surface area (Å²) in [6.07, 6.45) is 2.22. The molecule has 2 N–H and O–H groups in total. The van der Waals surface area contributed by atoms with E-state index in [1.807, 2.05) is 18.2 Å². The number of benzene rings is 1. The maximum atomic E-state index is 12.3. The van der Waals surface area contributed by atoms with Crippen LogP contribution in [-0.2, 0) is 11.3 Å². The third kappa shape index (κ3) is 4.57. The standard InChI is InChI=1S/C17H20N4O4/c1-23-6-2-5-18-16-8-13(20-10-21-16)17(22)19-9-12-3-4-14-15(7-12)25-11-24-14/h3-4,7-8,10H,2,5-6,9,11H2,1H3,(H,19,22)(H,18,20,21). The first kappa shape index (κ1) is 17.0. The van der Waals surface area contributed by atoms with Gasteiger partial charge in [-0.3, -0.25) is 4.79 Å². The summed E-state index contributed by atoms with van der Waals surface area (Å²) in [5, 5.41) is 5.97. The van der Waals surface area contributed by atoms with Crippen LogP contribution in [0.5, 0.6) is 11.5 Å².